The van der Waals surface area contributed by atoms with Crippen LogP contribution in [0.4, 0.5) is 11.4 Å². The van der Waals surface area contributed by atoms with E-state index in [1.165, 1.54) is 24.1 Å². The van der Waals surface area contributed by atoms with Gasteiger partial charge in [-0.05, 0) is 51.6 Å². The number of nitrogens with zero attached hydrogens (tertiary/aromatic N) is 2. The van der Waals surface area contributed by atoms with E-state index in [4.69, 9.17) is 5.73 Å². The van der Waals surface area contributed by atoms with Crippen LogP contribution in [-0.2, 0) is 0 Å². The van der Waals surface area contributed by atoms with Crippen molar-refractivity contribution in [2.45, 2.75) is 25.8 Å². The van der Waals surface area contributed by atoms with E-state index in [9.17, 15) is 0 Å². The van der Waals surface area contributed by atoms with Gasteiger partial charge in [0.05, 0.1) is 0 Å². The maximum Gasteiger partial charge on any atom is 0.0416 e. The average molecular weight is 233 g/mol. The molecule has 1 aromatic rings. The van der Waals surface area contributed by atoms with Gasteiger partial charge in [-0.15, -0.1) is 0 Å². The first-order valence-electron chi connectivity index (χ1n) is 6.36. The maximum atomic E-state index is 5.97. The lowest BCUT2D eigenvalue weighted by Gasteiger charge is -2.37. The number of hydrogen-bond acceptors (Lipinski definition) is 3. The van der Waals surface area contributed by atoms with Gasteiger partial charge >= 0.3 is 0 Å². The molecule has 1 saturated heterocycles. The summed E-state index contributed by atoms with van der Waals surface area (Å²) in [7, 11) is 4.35. The highest BCUT2D eigenvalue weighted by Gasteiger charge is 2.21. The van der Waals surface area contributed by atoms with Crippen LogP contribution in [0.2, 0.25) is 0 Å². The molecule has 3 nitrogen and oxygen atoms in total. The van der Waals surface area contributed by atoms with Crippen molar-refractivity contribution in [1.29, 1.82) is 0 Å². The second kappa shape index (κ2) is 4.96. The topological polar surface area (TPSA) is 32.5 Å². The average Bonchev–Trinajstić information content (AvgIpc) is 2.33. The Kier molecular flexibility index (Phi) is 3.57. The lowest BCUT2D eigenvalue weighted by Crippen LogP contribution is -2.42. The van der Waals surface area contributed by atoms with Gasteiger partial charge in [-0.3, -0.25) is 0 Å². The van der Waals surface area contributed by atoms with Gasteiger partial charge in [0, 0.05) is 30.5 Å². The molecule has 1 fully saturated rings. The summed E-state index contributed by atoms with van der Waals surface area (Å²) >= 11 is 0. The van der Waals surface area contributed by atoms with Gasteiger partial charge < -0.3 is 15.5 Å². The lowest BCUT2D eigenvalue weighted by atomic mass is 10.0. The van der Waals surface area contributed by atoms with Gasteiger partial charge in [0.25, 0.3) is 0 Å². The third kappa shape index (κ3) is 2.55. The molecule has 0 unspecified atom stereocenters. The molecule has 1 aromatic carbocycles. The summed E-state index contributed by atoms with van der Waals surface area (Å²) in [6.07, 6.45) is 2.47. The minimum atomic E-state index is 0.729. The Morgan fingerprint density at radius 2 is 1.88 bits per heavy atom. The predicted octanol–water partition coefficient (Wildman–Crippen LogP) is 2.11. The van der Waals surface area contributed by atoms with E-state index in [1.807, 2.05) is 6.07 Å². The van der Waals surface area contributed by atoms with E-state index in [2.05, 4.69) is 43.0 Å². The molecule has 94 valence electrons. The molecule has 0 bridgehead atoms. The van der Waals surface area contributed by atoms with Crippen LogP contribution in [0.1, 0.15) is 18.4 Å². The van der Waals surface area contributed by atoms with Crippen LogP contribution < -0.4 is 10.6 Å². The van der Waals surface area contributed by atoms with E-state index in [0.717, 1.165) is 24.8 Å². The first-order chi connectivity index (χ1) is 8.09. The second-order valence-electron chi connectivity index (χ2n) is 5.17. The molecule has 2 N–H and O–H groups in total. The molecule has 0 radical (unpaired) electrons. The van der Waals surface area contributed by atoms with Gasteiger partial charge in [-0.1, -0.05) is 6.07 Å². The van der Waals surface area contributed by atoms with Crippen molar-refractivity contribution in [1.82, 2.24) is 4.90 Å². The summed E-state index contributed by atoms with van der Waals surface area (Å²) in [5.74, 6) is 0. The lowest BCUT2D eigenvalue weighted by molar-refractivity contribution is 0.249. The molecular weight excluding hydrogens is 210 g/mol. The van der Waals surface area contributed by atoms with Crippen molar-refractivity contribution in [2.75, 3.05) is 37.8 Å². The highest BCUT2D eigenvalue weighted by molar-refractivity contribution is 5.64. The van der Waals surface area contributed by atoms with Gasteiger partial charge in [0.2, 0.25) is 0 Å². The van der Waals surface area contributed by atoms with Crippen LogP contribution in [0.3, 0.4) is 0 Å². The highest BCUT2D eigenvalue weighted by Crippen LogP contribution is 2.27. The fraction of sp³-hybridized carbons (Fsp3) is 0.571. The number of piperidine rings is 1. The number of nitrogens with two attached hydrogens (primary N) is 1. The van der Waals surface area contributed by atoms with Crippen molar-refractivity contribution < 1.29 is 0 Å². The summed E-state index contributed by atoms with van der Waals surface area (Å²) < 4.78 is 0. The summed E-state index contributed by atoms with van der Waals surface area (Å²) in [5.41, 5.74) is 9.39. The van der Waals surface area contributed by atoms with Crippen LogP contribution >= 0.6 is 0 Å². The maximum absolute atomic E-state index is 5.97. The smallest absolute Gasteiger partial charge is 0.0416 e. The van der Waals surface area contributed by atoms with Crippen molar-refractivity contribution in [3.8, 4) is 0 Å². The predicted molar refractivity (Wildman–Crippen MR) is 74.5 cm³/mol. The fourth-order valence-corrected chi connectivity index (χ4v) is 2.61. The summed E-state index contributed by atoms with van der Waals surface area (Å²) in [4.78, 5) is 4.80. The van der Waals surface area contributed by atoms with Crippen molar-refractivity contribution >= 4 is 11.4 Å². The summed E-state index contributed by atoms with van der Waals surface area (Å²) in [6, 6.07) is 6.94. The minimum Gasteiger partial charge on any atom is -0.398 e. The van der Waals surface area contributed by atoms with Crippen molar-refractivity contribution in [2.24, 2.45) is 0 Å². The van der Waals surface area contributed by atoms with E-state index in [-0.39, 0.29) is 0 Å². The Morgan fingerprint density at radius 3 is 2.47 bits per heavy atom. The Labute approximate surface area is 104 Å². The molecule has 3 heteroatoms. The standard InChI is InChI=1S/C14H23N3/c1-11-13(15)5-4-6-14(11)17-9-7-12(8-10-17)16(2)3/h4-6,12H,7-10,15H2,1-3H3. The molecule has 1 heterocycles. The molecule has 1 aliphatic rings. The van der Waals surface area contributed by atoms with Gasteiger partial charge in [0.15, 0.2) is 0 Å². The SMILES string of the molecule is Cc1c(N)cccc1N1CCC(N(C)C)CC1. The highest BCUT2D eigenvalue weighted by atomic mass is 15.2. The third-order valence-electron chi connectivity index (χ3n) is 3.88. The van der Waals surface area contributed by atoms with Crippen LogP contribution in [0, 0.1) is 6.92 Å². The normalized spacial score (nSPS) is 17.8. The van der Waals surface area contributed by atoms with Gasteiger partial charge in [-0.2, -0.15) is 0 Å². The molecule has 1 aliphatic heterocycles. The summed E-state index contributed by atoms with van der Waals surface area (Å²) in [5, 5.41) is 0. The molecular formula is C14H23N3. The molecule has 0 amide bonds. The van der Waals surface area contributed by atoms with Crippen LogP contribution in [0.15, 0.2) is 18.2 Å². The Hall–Kier alpha value is -1.22. The van der Waals surface area contributed by atoms with Gasteiger partial charge in [-0.25, -0.2) is 0 Å². The quantitative estimate of drug-likeness (QED) is 0.794. The number of hydrogen-bond donors (Lipinski definition) is 1. The summed E-state index contributed by atoms with van der Waals surface area (Å²) in [6.45, 7) is 4.38. The number of nitrogen functional groups attached to an aromatic ring is 1. The fourth-order valence-electron chi connectivity index (χ4n) is 2.61. The van der Waals surface area contributed by atoms with Crippen LogP contribution in [0.5, 0.6) is 0 Å². The van der Waals surface area contributed by atoms with E-state index < -0.39 is 0 Å². The van der Waals surface area contributed by atoms with Crippen molar-refractivity contribution in [3.05, 3.63) is 23.8 Å². The number of benzene rings is 1. The zero-order valence-corrected chi connectivity index (χ0v) is 11.1. The first-order valence-corrected chi connectivity index (χ1v) is 6.36. The zero-order chi connectivity index (χ0) is 12.4. The molecule has 17 heavy (non-hydrogen) atoms. The molecule has 0 saturated carbocycles. The molecule has 0 atom stereocenters. The number of rotatable bonds is 2. The van der Waals surface area contributed by atoms with E-state index in [1.54, 1.807) is 0 Å². The van der Waals surface area contributed by atoms with Gasteiger partial charge in [0.1, 0.15) is 0 Å². The number of anilines is 2. The first kappa shape index (κ1) is 12.2. The zero-order valence-electron chi connectivity index (χ0n) is 11.1. The Balaban J connectivity index is 2.08. The molecule has 0 aromatic heterocycles. The Morgan fingerprint density at radius 1 is 1.24 bits per heavy atom. The van der Waals surface area contributed by atoms with E-state index in [0.29, 0.717) is 0 Å². The van der Waals surface area contributed by atoms with Crippen molar-refractivity contribution in [3.63, 3.8) is 0 Å². The molecule has 0 aliphatic carbocycles. The minimum absolute atomic E-state index is 0.729. The van der Waals surface area contributed by atoms with E-state index >= 15 is 0 Å². The van der Waals surface area contributed by atoms with Crippen LogP contribution in [0.25, 0.3) is 0 Å². The van der Waals surface area contributed by atoms with Crippen LogP contribution in [-0.4, -0.2) is 38.1 Å². The monoisotopic (exact) mass is 233 g/mol. The third-order valence-corrected chi connectivity index (χ3v) is 3.88. The molecule has 2 rings (SSSR count). The molecule has 0 spiro atoms. The largest absolute Gasteiger partial charge is 0.398 e. The second-order valence-corrected chi connectivity index (χ2v) is 5.17. The Bertz CT molecular complexity index is 379.